The number of phenols is 1. The molecule has 0 bridgehead atoms. The number of carbonyl (C=O) groups is 1. The Labute approximate surface area is 146 Å². The van der Waals surface area contributed by atoms with Crippen molar-refractivity contribution < 1.29 is 24.5 Å². The summed E-state index contributed by atoms with van der Waals surface area (Å²) in [5, 5.41) is 22.4. The van der Waals surface area contributed by atoms with Crippen LogP contribution in [0.3, 0.4) is 0 Å². The molecule has 0 unspecified atom stereocenters. The normalized spacial score (nSPS) is 12.0. The van der Waals surface area contributed by atoms with Crippen LogP contribution in [0.1, 0.15) is 17.2 Å². The third kappa shape index (κ3) is 5.26. The maximum absolute atomic E-state index is 11.8. The summed E-state index contributed by atoms with van der Waals surface area (Å²) in [6, 6.07) is 11.8. The summed E-state index contributed by atoms with van der Waals surface area (Å²) in [5.74, 6) is 0.720. The zero-order chi connectivity index (χ0) is 18.2. The monoisotopic (exact) mass is 343 g/mol. The van der Waals surface area contributed by atoms with Gasteiger partial charge >= 0.3 is 0 Å². The molecule has 1 atom stereocenters. The Hall–Kier alpha value is -2.99. The number of aliphatic hydroxyl groups excluding tert-OH is 1. The smallest absolute Gasteiger partial charge is 0.244 e. The molecule has 6 heteroatoms. The van der Waals surface area contributed by atoms with Gasteiger partial charge in [0.2, 0.25) is 5.91 Å². The number of phenolic OH excluding ortho intramolecular Hbond substituents is 1. The maximum atomic E-state index is 11.8. The van der Waals surface area contributed by atoms with Crippen molar-refractivity contribution in [3.8, 4) is 17.2 Å². The zero-order valence-corrected chi connectivity index (χ0v) is 14.1. The van der Waals surface area contributed by atoms with Gasteiger partial charge in [-0.15, -0.1) is 0 Å². The summed E-state index contributed by atoms with van der Waals surface area (Å²) in [4.78, 5) is 11.8. The SMILES string of the molecule is COc1ccc([C@H](O)CNC(=O)/C=C/c2ccc(OC)c(O)c2)cc1. The lowest BCUT2D eigenvalue weighted by molar-refractivity contribution is -0.116. The molecule has 3 N–H and O–H groups in total. The van der Waals surface area contributed by atoms with Crippen LogP contribution in [0.25, 0.3) is 6.08 Å². The summed E-state index contributed by atoms with van der Waals surface area (Å²) >= 11 is 0. The minimum absolute atomic E-state index is 0.0000128. The molecule has 0 aromatic heterocycles. The van der Waals surface area contributed by atoms with Gasteiger partial charge in [0.15, 0.2) is 11.5 Å². The summed E-state index contributed by atoms with van der Waals surface area (Å²) in [5.41, 5.74) is 1.34. The van der Waals surface area contributed by atoms with Crippen molar-refractivity contribution in [3.05, 3.63) is 59.7 Å². The van der Waals surface area contributed by atoms with E-state index in [0.29, 0.717) is 22.6 Å². The first-order valence-corrected chi connectivity index (χ1v) is 7.68. The van der Waals surface area contributed by atoms with Crippen molar-refractivity contribution in [2.75, 3.05) is 20.8 Å². The lowest BCUT2D eigenvalue weighted by Gasteiger charge is -2.12. The highest BCUT2D eigenvalue weighted by Gasteiger charge is 2.08. The number of rotatable bonds is 7. The van der Waals surface area contributed by atoms with Gasteiger partial charge in [-0.2, -0.15) is 0 Å². The molecule has 0 spiro atoms. The average Bonchev–Trinajstić information content (AvgIpc) is 2.64. The largest absolute Gasteiger partial charge is 0.504 e. The van der Waals surface area contributed by atoms with E-state index in [1.54, 1.807) is 49.6 Å². The molecule has 2 aromatic carbocycles. The Morgan fingerprint density at radius 3 is 2.48 bits per heavy atom. The van der Waals surface area contributed by atoms with E-state index >= 15 is 0 Å². The summed E-state index contributed by atoms with van der Waals surface area (Å²) in [7, 11) is 3.03. The van der Waals surface area contributed by atoms with Crippen LogP contribution < -0.4 is 14.8 Å². The average molecular weight is 343 g/mol. The highest BCUT2D eigenvalue weighted by atomic mass is 16.5. The molecule has 0 radical (unpaired) electrons. The van der Waals surface area contributed by atoms with Gasteiger partial charge in [0.05, 0.1) is 20.3 Å². The number of amides is 1. The van der Waals surface area contributed by atoms with Gasteiger partial charge in [-0.3, -0.25) is 4.79 Å². The van der Waals surface area contributed by atoms with Crippen molar-refractivity contribution in [2.45, 2.75) is 6.10 Å². The second kappa shape index (κ2) is 8.75. The molecule has 0 heterocycles. The Morgan fingerprint density at radius 2 is 1.88 bits per heavy atom. The number of benzene rings is 2. The van der Waals surface area contributed by atoms with Gasteiger partial charge in [-0.1, -0.05) is 18.2 Å². The van der Waals surface area contributed by atoms with Crippen LogP contribution in [0.2, 0.25) is 0 Å². The molecule has 0 aliphatic rings. The lowest BCUT2D eigenvalue weighted by atomic mass is 10.1. The summed E-state index contributed by atoms with van der Waals surface area (Å²) in [6.45, 7) is 0.0867. The van der Waals surface area contributed by atoms with Gasteiger partial charge in [0, 0.05) is 12.6 Å². The number of hydrogen-bond donors (Lipinski definition) is 3. The molecule has 132 valence electrons. The minimum atomic E-state index is -0.812. The standard InChI is InChI=1S/C19H21NO5/c1-24-15-7-5-14(6-8-15)17(22)12-20-19(23)10-4-13-3-9-18(25-2)16(21)11-13/h3-11,17,21-22H,12H2,1-2H3,(H,20,23)/b10-4+/t17-/m1/s1. The van der Waals surface area contributed by atoms with E-state index in [0.717, 1.165) is 0 Å². The quantitative estimate of drug-likeness (QED) is 0.671. The lowest BCUT2D eigenvalue weighted by Crippen LogP contribution is -2.26. The number of nitrogens with one attached hydrogen (secondary N) is 1. The Kier molecular flexibility index (Phi) is 6.42. The van der Waals surface area contributed by atoms with Gasteiger partial charge in [-0.05, 0) is 41.5 Å². The third-order valence-corrected chi connectivity index (χ3v) is 3.60. The van der Waals surface area contributed by atoms with Gasteiger partial charge < -0.3 is 25.0 Å². The van der Waals surface area contributed by atoms with Crippen LogP contribution in [-0.2, 0) is 4.79 Å². The van der Waals surface area contributed by atoms with Crippen molar-refractivity contribution in [1.29, 1.82) is 0 Å². The third-order valence-electron chi connectivity index (χ3n) is 3.60. The molecule has 2 aromatic rings. The topological polar surface area (TPSA) is 88.0 Å². The van der Waals surface area contributed by atoms with Crippen molar-refractivity contribution in [3.63, 3.8) is 0 Å². The van der Waals surface area contributed by atoms with Gasteiger partial charge in [0.1, 0.15) is 5.75 Å². The van der Waals surface area contributed by atoms with Crippen LogP contribution in [0, 0.1) is 0 Å². The highest BCUT2D eigenvalue weighted by Crippen LogP contribution is 2.26. The Balaban J connectivity index is 1.87. The molecule has 2 rings (SSSR count). The molecule has 0 fully saturated rings. The van der Waals surface area contributed by atoms with Gasteiger partial charge in [-0.25, -0.2) is 0 Å². The molecule has 0 saturated heterocycles. The summed E-state index contributed by atoms with van der Waals surface area (Å²) in [6.07, 6.45) is 2.09. The fourth-order valence-electron chi connectivity index (χ4n) is 2.18. The van der Waals surface area contributed by atoms with Gasteiger partial charge in [0.25, 0.3) is 0 Å². The van der Waals surface area contributed by atoms with Crippen LogP contribution in [0.15, 0.2) is 48.5 Å². The molecule has 0 aliphatic carbocycles. The number of hydrogen-bond acceptors (Lipinski definition) is 5. The maximum Gasteiger partial charge on any atom is 0.244 e. The van der Waals surface area contributed by atoms with Crippen LogP contribution in [-0.4, -0.2) is 36.9 Å². The first-order valence-electron chi connectivity index (χ1n) is 7.68. The number of carbonyl (C=O) groups excluding carboxylic acids is 1. The zero-order valence-electron chi connectivity index (χ0n) is 14.1. The van der Waals surface area contributed by atoms with E-state index in [1.807, 2.05) is 0 Å². The minimum Gasteiger partial charge on any atom is -0.504 e. The van der Waals surface area contributed by atoms with E-state index in [-0.39, 0.29) is 18.2 Å². The van der Waals surface area contributed by atoms with Crippen LogP contribution >= 0.6 is 0 Å². The van der Waals surface area contributed by atoms with Crippen LogP contribution in [0.5, 0.6) is 17.2 Å². The fourth-order valence-corrected chi connectivity index (χ4v) is 2.18. The first-order chi connectivity index (χ1) is 12.0. The molecular weight excluding hydrogens is 322 g/mol. The predicted molar refractivity (Wildman–Crippen MR) is 94.7 cm³/mol. The van der Waals surface area contributed by atoms with Crippen molar-refractivity contribution >= 4 is 12.0 Å². The van der Waals surface area contributed by atoms with E-state index in [4.69, 9.17) is 9.47 Å². The number of aliphatic hydroxyl groups is 1. The Morgan fingerprint density at radius 1 is 1.16 bits per heavy atom. The fraction of sp³-hybridized carbons (Fsp3) is 0.211. The van der Waals surface area contributed by atoms with E-state index in [9.17, 15) is 15.0 Å². The number of aromatic hydroxyl groups is 1. The molecule has 0 aliphatic heterocycles. The second-order valence-electron chi connectivity index (χ2n) is 5.30. The first kappa shape index (κ1) is 18.4. The van der Waals surface area contributed by atoms with Crippen LogP contribution in [0.4, 0.5) is 0 Å². The highest BCUT2D eigenvalue weighted by molar-refractivity contribution is 5.91. The Bertz CT molecular complexity index is 740. The molecule has 1 amide bonds. The molecular formula is C19H21NO5. The second-order valence-corrected chi connectivity index (χ2v) is 5.30. The van der Waals surface area contributed by atoms with E-state index < -0.39 is 6.10 Å². The van der Waals surface area contributed by atoms with Crippen molar-refractivity contribution in [1.82, 2.24) is 5.32 Å². The van der Waals surface area contributed by atoms with Crippen molar-refractivity contribution in [2.24, 2.45) is 0 Å². The molecule has 0 saturated carbocycles. The molecule has 6 nitrogen and oxygen atoms in total. The molecule has 25 heavy (non-hydrogen) atoms. The summed E-state index contributed by atoms with van der Waals surface area (Å²) < 4.78 is 10.0. The number of methoxy groups -OCH3 is 2. The number of ether oxygens (including phenoxy) is 2. The van der Waals surface area contributed by atoms with E-state index in [2.05, 4.69) is 5.32 Å². The van der Waals surface area contributed by atoms with E-state index in [1.165, 1.54) is 19.3 Å². The predicted octanol–water partition coefficient (Wildman–Crippen LogP) is 2.27.